The van der Waals surface area contributed by atoms with E-state index in [2.05, 4.69) is 155 Å². The predicted octanol–water partition coefficient (Wildman–Crippen LogP) is 19.2. The lowest BCUT2D eigenvalue weighted by Gasteiger charge is -2.19. The van der Waals surface area contributed by atoms with Crippen LogP contribution in [0, 0.1) is 30.3 Å². The molecule has 6 aromatic carbocycles. The maximum Gasteiger partial charge on any atom is 0.222 e. The third-order valence-electron chi connectivity index (χ3n) is 16.3. The summed E-state index contributed by atoms with van der Waals surface area (Å²) in [5, 5.41) is 6.01. The van der Waals surface area contributed by atoms with Crippen LogP contribution in [0.4, 0.5) is 54.7 Å². The van der Waals surface area contributed by atoms with Gasteiger partial charge in [-0.3, -0.25) is 0 Å². The van der Waals surface area contributed by atoms with Crippen molar-refractivity contribution in [1.82, 2.24) is 59.8 Å². The Bertz CT molecular complexity index is 5060. The highest BCUT2D eigenvalue weighted by molar-refractivity contribution is 6.44. The molecular weight excluding hydrogens is 1500 g/mol. The Kier molecular flexibility index (Phi) is 30.3. The van der Waals surface area contributed by atoms with Crippen LogP contribution in [0.2, 0.25) is 30.1 Å². The molecule has 0 spiro atoms. The van der Waals surface area contributed by atoms with Crippen molar-refractivity contribution in [1.29, 1.82) is 0 Å². The summed E-state index contributed by atoms with van der Waals surface area (Å²) >= 11 is 36.1. The van der Waals surface area contributed by atoms with Crippen molar-refractivity contribution in [2.24, 2.45) is 5.92 Å². The van der Waals surface area contributed by atoms with Gasteiger partial charge in [0, 0.05) is 99.3 Å². The zero-order valence-electron chi connectivity index (χ0n) is 60.8. The van der Waals surface area contributed by atoms with E-state index >= 15 is 0 Å². The van der Waals surface area contributed by atoms with Crippen LogP contribution in [-0.4, -0.2) is 80.1 Å². The van der Waals surface area contributed by atoms with Crippen LogP contribution in [0.15, 0.2) is 152 Å². The second-order valence-corrected chi connectivity index (χ2v) is 27.8. The second kappa shape index (κ2) is 39.1. The van der Waals surface area contributed by atoms with E-state index < -0.39 is 17.5 Å². The Morgan fingerprint density at radius 3 is 1.34 bits per heavy atom. The van der Waals surface area contributed by atoms with Gasteiger partial charge in [0.1, 0.15) is 11.6 Å². The molecule has 13 N–H and O–H groups in total. The fraction of sp³-hybridized carbons (Fsp3) is 0.241. The van der Waals surface area contributed by atoms with Gasteiger partial charge in [-0.15, -0.1) is 0 Å². The lowest BCUT2D eigenvalue weighted by Crippen LogP contribution is -2.10. The zero-order valence-corrected chi connectivity index (χ0v) is 65.3. The average Bonchev–Trinajstić information content (AvgIpc) is 0.924. The first-order chi connectivity index (χ1) is 51.4. The van der Waals surface area contributed by atoms with Crippen LogP contribution in [0.3, 0.4) is 0 Å². The lowest BCUT2D eigenvalue weighted by atomic mass is 9.86. The number of nitrogens with two attached hydrogens (primary N) is 6. The molecule has 13 rings (SSSR count). The van der Waals surface area contributed by atoms with Gasteiger partial charge in [0.25, 0.3) is 0 Å². The quantitative estimate of drug-likeness (QED) is 0.0527. The highest BCUT2D eigenvalue weighted by Gasteiger charge is 2.20. The van der Waals surface area contributed by atoms with Gasteiger partial charge in [0.15, 0.2) is 11.6 Å². The summed E-state index contributed by atoms with van der Waals surface area (Å²) in [6, 6.07) is 45.1. The van der Waals surface area contributed by atoms with Gasteiger partial charge in [-0.1, -0.05) is 190 Å². The SMILES string of the molecule is CCc1cc(-c2cc(F)c(F)cc2F)nc(N)n1.CCc1cc(-c2ccc(C(C)(C)C)cc2)nc(N)n1.CCc1cc(-c2ccc(C)cc2)nc(N)n1.CCc1cc(-c2ccc(Cl)c(Cl)c2)nc(N)n1.CNc1cc(-c2ccc(Cl)cc2Cl)nc(N)n1.Nc1nc(CC2CCOC2)cc(-c2cccc(Cl)c2Cl)n1. The third kappa shape index (κ3) is 24.2. The minimum Gasteiger partial charge on any atom is -0.381 e. The monoisotopic (exact) mass is 1580 g/mol. The number of hydrogen-bond donors (Lipinski definition) is 7. The van der Waals surface area contributed by atoms with Crippen molar-refractivity contribution < 1.29 is 17.9 Å². The number of hydrogen-bond acceptors (Lipinski definition) is 20. The minimum absolute atomic E-state index is 0.0338. The highest BCUT2D eigenvalue weighted by atomic mass is 35.5. The first kappa shape index (κ1) is 83.5. The van der Waals surface area contributed by atoms with Gasteiger partial charge in [0.2, 0.25) is 35.7 Å². The largest absolute Gasteiger partial charge is 0.381 e. The van der Waals surface area contributed by atoms with E-state index in [4.69, 9.17) is 109 Å². The van der Waals surface area contributed by atoms with E-state index in [1.165, 1.54) is 17.2 Å². The van der Waals surface area contributed by atoms with Crippen molar-refractivity contribution in [2.75, 3.05) is 60.0 Å². The number of nitrogen functional groups attached to an aromatic ring is 6. The summed E-state index contributed by atoms with van der Waals surface area (Å²) in [5.41, 5.74) is 49.5. The van der Waals surface area contributed by atoms with Crippen molar-refractivity contribution >= 4 is 111 Å². The molecule has 20 nitrogen and oxygen atoms in total. The maximum absolute atomic E-state index is 13.6. The van der Waals surface area contributed by atoms with Crippen LogP contribution >= 0.6 is 69.6 Å². The molecule has 12 aromatic rings. The first-order valence-electron chi connectivity index (χ1n) is 34.2. The van der Waals surface area contributed by atoms with Gasteiger partial charge in [-0.2, -0.15) is 4.98 Å². The molecule has 0 saturated carbocycles. The summed E-state index contributed by atoms with van der Waals surface area (Å²) in [4.78, 5) is 49.7. The van der Waals surface area contributed by atoms with Gasteiger partial charge in [-0.05, 0) is 135 Å². The molecule has 6 aromatic heterocycles. The highest BCUT2D eigenvalue weighted by Crippen LogP contribution is 2.36. The van der Waals surface area contributed by atoms with Crippen molar-refractivity contribution in [2.45, 2.75) is 99.3 Å². The number of anilines is 7. The smallest absolute Gasteiger partial charge is 0.222 e. The number of nitrogens with one attached hydrogen (secondary N) is 1. The van der Waals surface area contributed by atoms with E-state index in [1.54, 1.807) is 49.5 Å². The number of benzene rings is 6. The Hall–Kier alpha value is -10.1. The van der Waals surface area contributed by atoms with Crippen LogP contribution in [0.25, 0.3) is 67.5 Å². The van der Waals surface area contributed by atoms with E-state index in [0.717, 1.165) is 119 Å². The van der Waals surface area contributed by atoms with Gasteiger partial charge < -0.3 is 44.5 Å². The van der Waals surface area contributed by atoms with E-state index in [1.807, 2.05) is 56.3 Å². The Labute approximate surface area is 656 Å². The van der Waals surface area contributed by atoms with E-state index in [0.29, 0.717) is 83.3 Å². The number of rotatable bonds is 13. The number of halogens is 9. The normalized spacial score (nSPS) is 12.1. The molecular formula is C79H82Cl6F3N19O. The van der Waals surface area contributed by atoms with Gasteiger partial charge in [0.05, 0.1) is 59.3 Å². The summed E-state index contributed by atoms with van der Waals surface area (Å²) in [6.07, 6.45) is 4.99. The fourth-order valence-electron chi connectivity index (χ4n) is 10.5. The van der Waals surface area contributed by atoms with Crippen molar-refractivity contribution in [3.8, 4) is 67.5 Å². The molecule has 562 valence electrons. The standard InChI is InChI=1S/C16H21N3.C15H15Cl2N3O.C13H15N3.C12H11Cl2N3.C12H10F3N3.C11H10Cl2N4/c1-5-13-10-14(19-15(17)18-13)11-6-8-12(9-7-11)16(2,3)4;16-12-3-1-2-11(14(12)17)13-7-10(19-15(18)20-13)6-9-4-5-21-8-9;1-3-11-8-12(16-13(14)15-11)10-6-4-9(2)5-7-10;1-2-8-6-11(17-12(15)16-8)7-3-4-9(13)10(14)5-7;1-2-6-3-11(18-12(16)17-6)7-4-9(14)10(15)5-8(7)13;1-15-10-5-9(16-11(14)17-10)7-3-2-6(12)4-8(7)13/h6-10H,5H2,1-4H3,(H2,17,18,19);1-3,7,9H,4-6,8H2,(H2,18,19,20);4-8H,3H2,1-2H3,(H2,14,15,16);3-6H,2H2,1H3,(H2,15,16,17);3-5H,2H2,1H3,(H2,16,17,18);2-5H,1H3,(H3,14,15,16,17). The van der Waals surface area contributed by atoms with Crippen LogP contribution < -0.4 is 39.7 Å². The molecule has 108 heavy (non-hydrogen) atoms. The summed E-state index contributed by atoms with van der Waals surface area (Å²) in [6.45, 7) is 18.3. The van der Waals surface area contributed by atoms with Crippen LogP contribution in [-0.2, 0) is 42.3 Å². The number of aryl methyl sites for hydroxylation is 5. The van der Waals surface area contributed by atoms with Gasteiger partial charge in [-0.25, -0.2) is 68.0 Å². The maximum atomic E-state index is 13.6. The topological polar surface area (TPSA) is 332 Å². The number of aromatic nitrogens is 12. The van der Waals surface area contributed by atoms with Crippen LogP contribution in [0.5, 0.6) is 0 Å². The molecule has 0 amide bonds. The minimum atomic E-state index is -1.24. The van der Waals surface area contributed by atoms with Crippen LogP contribution in [0.1, 0.15) is 94.5 Å². The summed E-state index contributed by atoms with van der Waals surface area (Å²) in [5.74, 6) is -0.788. The van der Waals surface area contributed by atoms with Crippen molar-refractivity contribution in [3.63, 3.8) is 0 Å². The zero-order chi connectivity index (χ0) is 78.5. The molecule has 29 heteroatoms. The lowest BCUT2D eigenvalue weighted by molar-refractivity contribution is 0.185. The molecule has 7 heterocycles. The molecule has 1 aliphatic heterocycles. The number of nitrogens with zero attached hydrogens (tertiary/aromatic N) is 12. The number of ether oxygens (including phenoxy) is 1. The van der Waals surface area contributed by atoms with E-state index in [9.17, 15) is 13.2 Å². The molecule has 0 bridgehead atoms. The van der Waals surface area contributed by atoms with E-state index in [-0.39, 0.29) is 40.5 Å². The Morgan fingerprint density at radius 2 is 0.861 bits per heavy atom. The summed E-state index contributed by atoms with van der Waals surface area (Å²) < 4.78 is 44.9. The third-order valence-corrected chi connectivity index (χ3v) is 18.4. The Balaban J connectivity index is 0.000000164. The second-order valence-electron chi connectivity index (χ2n) is 25.4. The van der Waals surface area contributed by atoms with Crippen molar-refractivity contribution in [3.05, 3.63) is 239 Å². The molecule has 1 aliphatic rings. The summed E-state index contributed by atoms with van der Waals surface area (Å²) in [7, 11) is 1.76. The predicted molar refractivity (Wildman–Crippen MR) is 434 cm³/mol. The molecule has 1 unspecified atom stereocenters. The molecule has 0 radical (unpaired) electrons. The fourth-order valence-corrected chi connectivity index (χ4v) is 11.7. The molecule has 1 fully saturated rings. The van der Waals surface area contributed by atoms with Gasteiger partial charge >= 0.3 is 0 Å². The molecule has 0 aliphatic carbocycles. The molecule has 1 atom stereocenters. The average molecular weight is 1580 g/mol. The molecule has 1 saturated heterocycles. The Morgan fingerprint density at radius 1 is 0.417 bits per heavy atom. The first-order valence-corrected chi connectivity index (χ1v) is 36.4.